The molecule has 2 aromatic carbocycles. The van der Waals surface area contributed by atoms with Gasteiger partial charge in [0.05, 0.1) is 24.8 Å². The van der Waals surface area contributed by atoms with Crippen LogP contribution in [0.15, 0.2) is 78.1 Å². The molecule has 0 unspecified atom stereocenters. The quantitative estimate of drug-likeness (QED) is 0.448. The van der Waals surface area contributed by atoms with Crippen molar-refractivity contribution in [1.29, 1.82) is 0 Å². The van der Waals surface area contributed by atoms with Gasteiger partial charge < -0.3 is 10.3 Å². The van der Waals surface area contributed by atoms with Crippen LogP contribution in [0.3, 0.4) is 0 Å². The number of carbonyl (C=O) groups excluding carboxylic acids is 1. The molecule has 0 spiro atoms. The molecule has 0 radical (unpaired) electrons. The summed E-state index contributed by atoms with van der Waals surface area (Å²) < 4.78 is 3.21. The van der Waals surface area contributed by atoms with Crippen molar-refractivity contribution >= 4 is 27.8 Å². The Morgan fingerprint density at radius 3 is 2.71 bits per heavy atom. The number of aromatic nitrogens is 5. The van der Waals surface area contributed by atoms with E-state index in [1.54, 1.807) is 21.8 Å². The summed E-state index contributed by atoms with van der Waals surface area (Å²) in [6, 6.07) is 17.4. The van der Waals surface area contributed by atoms with Crippen LogP contribution >= 0.6 is 0 Å². The van der Waals surface area contributed by atoms with E-state index in [0.29, 0.717) is 36.2 Å². The lowest BCUT2D eigenvalue weighted by atomic mass is 10.1. The van der Waals surface area contributed by atoms with Crippen molar-refractivity contribution in [1.82, 2.24) is 29.6 Å². The molecule has 8 heteroatoms. The SMILES string of the molecule is O=C(NCCn1ncc2c(=O)n(Cc3ccccc3)cnc21)c1c[nH]c2ccccc12. The maximum absolute atomic E-state index is 12.8. The number of nitrogens with zero attached hydrogens (tertiary/aromatic N) is 4. The molecule has 2 N–H and O–H groups in total. The number of fused-ring (bicyclic) bond motifs is 2. The molecule has 5 rings (SSSR count). The van der Waals surface area contributed by atoms with Crippen LogP contribution in [0, 0.1) is 0 Å². The molecule has 31 heavy (non-hydrogen) atoms. The summed E-state index contributed by atoms with van der Waals surface area (Å²) in [5.74, 6) is -0.160. The molecule has 0 saturated heterocycles. The monoisotopic (exact) mass is 412 g/mol. The van der Waals surface area contributed by atoms with Gasteiger partial charge >= 0.3 is 0 Å². The number of amides is 1. The maximum Gasteiger partial charge on any atom is 0.264 e. The van der Waals surface area contributed by atoms with E-state index in [1.165, 1.54) is 6.20 Å². The van der Waals surface area contributed by atoms with Gasteiger partial charge in [0.15, 0.2) is 5.65 Å². The fourth-order valence-electron chi connectivity index (χ4n) is 3.68. The highest BCUT2D eigenvalue weighted by Gasteiger charge is 2.13. The average molecular weight is 412 g/mol. The smallest absolute Gasteiger partial charge is 0.264 e. The number of carbonyl (C=O) groups is 1. The second-order valence-corrected chi connectivity index (χ2v) is 7.27. The van der Waals surface area contributed by atoms with Gasteiger partial charge in [-0.15, -0.1) is 0 Å². The molecule has 0 aliphatic rings. The lowest BCUT2D eigenvalue weighted by Crippen LogP contribution is -2.27. The molecule has 154 valence electrons. The number of H-pyrrole nitrogens is 1. The first-order valence-electron chi connectivity index (χ1n) is 10.00. The molecule has 0 aliphatic heterocycles. The van der Waals surface area contributed by atoms with E-state index in [0.717, 1.165) is 16.5 Å². The standard InChI is InChI=1S/C23H20N6O2/c30-22(18-12-25-20-9-5-4-8-17(18)20)24-10-11-29-21-19(13-27-29)23(31)28(15-26-21)14-16-6-2-1-3-7-16/h1-9,12-13,15,25H,10-11,14H2,(H,24,30). The Hall–Kier alpha value is -4.20. The largest absolute Gasteiger partial charge is 0.360 e. The number of aromatic amines is 1. The second-order valence-electron chi connectivity index (χ2n) is 7.27. The molecule has 0 aliphatic carbocycles. The Labute approximate surface area is 177 Å². The minimum absolute atomic E-state index is 0.136. The molecule has 0 fully saturated rings. The van der Waals surface area contributed by atoms with Gasteiger partial charge in [-0.25, -0.2) is 9.67 Å². The minimum atomic E-state index is -0.160. The van der Waals surface area contributed by atoms with Gasteiger partial charge in [-0.05, 0) is 11.6 Å². The van der Waals surface area contributed by atoms with Crippen LogP contribution in [0.5, 0.6) is 0 Å². The minimum Gasteiger partial charge on any atom is -0.360 e. The third-order valence-electron chi connectivity index (χ3n) is 5.26. The first-order valence-corrected chi connectivity index (χ1v) is 10.00. The van der Waals surface area contributed by atoms with Gasteiger partial charge in [0.25, 0.3) is 11.5 Å². The van der Waals surface area contributed by atoms with Crippen LogP contribution in [0.2, 0.25) is 0 Å². The summed E-state index contributed by atoms with van der Waals surface area (Å²) in [4.78, 5) is 32.9. The molecule has 0 bridgehead atoms. The summed E-state index contributed by atoms with van der Waals surface area (Å²) in [6.07, 6.45) is 4.79. The number of benzene rings is 2. The van der Waals surface area contributed by atoms with Gasteiger partial charge in [0.1, 0.15) is 11.7 Å². The van der Waals surface area contributed by atoms with Crippen molar-refractivity contribution in [2.75, 3.05) is 6.54 Å². The maximum atomic E-state index is 12.8. The number of para-hydroxylation sites is 1. The third-order valence-corrected chi connectivity index (χ3v) is 5.26. The Morgan fingerprint density at radius 2 is 1.84 bits per heavy atom. The van der Waals surface area contributed by atoms with Gasteiger partial charge in [0.2, 0.25) is 0 Å². The number of nitrogens with one attached hydrogen (secondary N) is 2. The Morgan fingerprint density at radius 1 is 1.03 bits per heavy atom. The van der Waals surface area contributed by atoms with Crippen molar-refractivity contribution in [3.8, 4) is 0 Å². The van der Waals surface area contributed by atoms with Crippen molar-refractivity contribution in [2.45, 2.75) is 13.1 Å². The summed E-state index contributed by atoms with van der Waals surface area (Å²) >= 11 is 0. The van der Waals surface area contributed by atoms with E-state index in [1.807, 2.05) is 54.6 Å². The Bertz CT molecular complexity index is 1430. The van der Waals surface area contributed by atoms with E-state index >= 15 is 0 Å². The molecule has 0 atom stereocenters. The Balaban J connectivity index is 1.29. The highest BCUT2D eigenvalue weighted by atomic mass is 16.1. The zero-order valence-electron chi connectivity index (χ0n) is 16.7. The predicted octanol–water partition coefficient (Wildman–Crippen LogP) is 2.55. The molecule has 3 aromatic heterocycles. The van der Waals surface area contributed by atoms with Crippen LogP contribution in [-0.4, -0.2) is 36.8 Å². The summed E-state index contributed by atoms with van der Waals surface area (Å²) in [7, 11) is 0. The van der Waals surface area contributed by atoms with Crippen LogP contribution in [-0.2, 0) is 13.1 Å². The van der Waals surface area contributed by atoms with Crippen molar-refractivity contribution in [3.63, 3.8) is 0 Å². The number of hydrogen-bond acceptors (Lipinski definition) is 4. The molecule has 8 nitrogen and oxygen atoms in total. The Kier molecular flexibility index (Phi) is 4.80. The summed E-state index contributed by atoms with van der Waals surface area (Å²) in [5.41, 5.74) is 2.92. The lowest BCUT2D eigenvalue weighted by molar-refractivity contribution is 0.0953. The van der Waals surface area contributed by atoms with E-state index in [9.17, 15) is 9.59 Å². The van der Waals surface area contributed by atoms with Crippen LogP contribution in [0.4, 0.5) is 0 Å². The fourth-order valence-corrected chi connectivity index (χ4v) is 3.68. The molecular formula is C23H20N6O2. The van der Waals surface area contributed by atoms with E-state index in [-0.39, 0.29) is 11.5 Å². The van der Waals surface area contributed by atoms with Crippen LogP contribution < -0.4 is 10.9 Å². The number of rotatable bonds is 6. The second kappa shape index (κ2) is 7.91. The van der Waals surface area contributed by atoms with Gasteiger partial charge in [-0.1, -0.05) is 48.5 Å². The first kappa shape index (κ1) is 18.8. The zero-order valence-corrected chi connectivity index (χ0v) is 16.7. The molecule has 5 aromatic rings. The van der Waals surface area contributed by atoms with Crippen LogP contribution in [0.1, 0.15) is 15.9 Å². The van der Waals surface area contributed by atoms with Gasteiger partial charge in [-0.3, -0.25) is 14.2 Å². The fraction of sp³-hybridized carbons (Fsp3) is 0.130. The summed E-state index contributed by atoms with van der Waals surface area (Å²) in [5, 5.41) is 8.54. The van der Waals surface area contributed by atoms with E-state index < -0.39 is 0 Å². The molecule has 3 heterocycles. The highest BCUT2D eigenvalue weighted by Crippen LogP contribution is 2.17. The first-order chi connectivity index (χ1) is 15.2. The third kappa shape index (κ3) is 3.59. The van der Waals surface area contributed by atoms with E-state index in [2.05, 4.69) is 20.4 Å². The predicted molar refractivity (Wildman–Crippen MR) is 118 cm³/mol. The van der Waals surface area contributed by atoms with Crippen molar-refractivity contribution in [2.24, 2.45) is 0 Å². The van der Waals surface area contributed by atoms with Crippen molar-refractivity contribution in [3.05, 3.63) is 94.8 Å². The highest BCUT2D eigenvalue weighted by molar-refractivity contribution is 6.06. The number of hydrogen-bond donors (Lipinski definition) is 2. The lowest BCUT2D eigenvalue weighted by Gasteiger charge is -2.07. The molecular weight excluding hydrogens is 392 g/mol. The topological polar surface area (TPSA) is 97.6 Å². The average Bonchev–Trinajstić information content (AvgIpc) is 3.41. The molecule has 1 amide bonds. The van der Waals surface area contributed by atoms with Crippen LogP contribution in [0.25, 0.3) is 21.9 Å². The van der Waals surface area contributed by atoms with E-state index in [4.69, 9.17) is 0 Å². The van der Waals surface area contributed by atoms with Gasteiger partial charge in [-0.2, -0.15) is 5.10 Å². The molecule has 0 saturated carbocycles. The van der Waals surface area contributed by atoms with Gasteiger partial charge in [0, 0.05) is 23.6 Å². The summed E-state index contributed by atoms with van der Waals surface area (Å²) in [6.45, 7) is 1.23. The zero-order chi connectivity index (χ0) is 21.2. The van der Waals surface area contributed by atoms with Crippen molar-refractivity contribution < 1.29 is 4.79 Å². The normalized spacial score (nSPS) is 11.2.